The number of hydrogen-bond acceptors (Lipinski definition) is 2. The molecule has 2 atom stereocenters. The van der Waals surface area contributed by atoms with E-state index < -0.39 is 0 Å². The molecule has 3 heteroatoms. The fraction of sp³-hybridized carbons (Fsp3) is 0.308. The molecule has 0 saturated carbocycles. The Morgan fingerprint density at radius 3 is 3.12 bits per heavy atom. The second-order valence-corrected chi connectivity index (χ2v) is 3.80. The standard InChI is InChI=1S/C13H13NO2/c1-3-9(2)14-13(15)11-8-16-12-7-5-4-6-10(11)12/h1,4-7,9,11H,8H2,2H3,(H,14,15). The van der Waals surface area contributed by atoms with Crippen LogP contribution in [0.5, 0.6) is 5.75 Å². The zero-order valence-electron chi connectivity index (χ0n) is 9.07. The van der Waals surface area contributed by atoms with E-state index >= 15 is 0 Å². The first-order valence-electron chi connectivity index (χ1n) is 5.20. The van der Waals surface area contributed by atoms with Crippen molar-refractivity contribution in [2.45, 2.75) is 18.9 Å². The fourth-order valence-electron chi connectivity index (χ4n) is 1.74. The quantitative estimate of drug-likeness (QED) is 0.755. The first kappa shape index (κ1) is 10.6. The molecule has 1 amide bonds. The van der Waals surface area contributed by atoms with Gasteiger partial charge in [-0.15, -0.1) is 6.42 Å². The second kappa shape index (κ2) is 4.28. The van der Waals surface area contributed by atoms with Crippen molar-refractivity contribution in [2.75, 3.05) is 6.61 Å². The molecule has 0 aliphatic carbocycles. The van der Waals surface area contributed by atoms with Crippen LogP contribution in [-0.4, -0.2) is 18.6 Å². The van der Waals surface area contributed by atoms with E-state index in [1.165, 1.54) is 0 Å². The normalized spacial score (nSPS) is 19.1. The number of rotatable bonds is 2. The van der Waals surface area contributed by atoms with E-state index in [1.807, 2.05) is 24.3 Å². The van der Waals surface area contributed by atoms with Crippen molar-refractivity contribution >= 4 is 5.91 Å². The number of para-hydroxylation sites is 1. The maximum Gasteiger partial charge on any atom is 0.232 e. The highest BCUT2D eigenvalue weighted by Crippen LogP contribution is 2.33. The van der Waals surface area contributed by atoms with Gasteiger partial charge in [-0.3, -0.25) is 4.79 Å². The minimum atomic E-state index is -0.250. The second-order valence-electron chi connectivity index (χ2n) is 3.80. The summed E-state index contributed by atoms with van der Waals surface area (Å²) in [5.74, 6) is 2.94. The minimum absolute atomic E-state index is 0.0737. The van der Waals surface area contributed by atoms with E-state index in [0.717, 1.165) is 11.3 Å². The topological polar surface area (TPSA) is 38.3 Å². The summed E-state index contributed by atoms with van der Waals surface area (Å²) >= 11 is 0. The van der Waals surface area contributed by atoms with Gasteiger partial charge in [-0.2, -0.15) is 0 Å². The lowest BCUT2D eigenvalue weighted by atomic mass is 10.0. The Hall–Kier alpha value is -1.95. The molecule has 0 bridgehead atoms. The van der Waals surface area contributed by atoms with Gasteiger partial charge in [-0.05, 0) is 13.0 Å². The average molecular weight is 215 g/mol. The molecule has 3 nitrogen and oxygen atoms in total. The molecule has 16 heavy (non-hydrogen) atoms. The van der Waals surface area contributed by atoms with Gasteiger partial charge in [0.05, 0.1) is 6.04 Å². The Bertz CT molecular complexity index is 447. The summed E-state index contributed by atoms with van der Waals surface area (Å²) in [5.41, 5.74) is 0.934. The van der Waals surface area contributed by atoms with Gasteiger partial charge in [0.2, 0.25) is 5.91 Å². The van der Waals surface area contributed by atoms with Gasteiger partial charge >= 0.3 is 0 Å². The monoisotopic (exact) mass is 215 g/mol. The molecule has 1 N–H and O–H groups in total. The highest BCUT2D eigenvalue weighted by atomic mass is 16.5. The highest BCUT2D eigenvalue weighted by Gasteiger charge is 2.30. The predicted molar refractivity (Wildman–Crippen MR) is 61.1 cm³/mol. The third kappa shape index (κ3) is 1.87. The molecule has 2 rings (SSSR count). The third-order valence-electron chi connectivity index (χ3n) is 2.63. The largest absolute Gasteiger partial charge is 0.492 e. The van der Waals surface area contributed by atoms with Gasteiger partial charge in [-0.25, -0.2) is 0 Å². The van der Waals surface area contributed by atoms with Crippen LogP contribution in [0.2, 0.25) is 0 Å². The lowest BCUT2D eigenvalue weighted by Crippen LogP contribution is -2.36. The van der Waals surface area contributed by atoms with Crippen molar-refractivity contribution in [2.24, 2.45) is 0 Å². The Labute approximate surface area is 94.8 Å². The number of ether oxygens (including phenoxy) is 1. The van der Waals surface area contributed by atoms with Gasteiger partial charge in [0.1, 0.15) is 18.3 Å². The van der Waals surface area contributed by atoms with Gasteiger partial charge in [0, 0.05) is 5.56 Å². The Kier molecular flexibility index (Phi) is 2.82. The first-order valence-corrected chi connectivity index (χ1v) is 5.20. The molecule has 0 fully saturated rings. The van der Waals surface area contributed by atoms with Gasteiger partial charge < -0.3 is 10.1 Å². The van der Waals surface area contributed by atoms with Crippen LogP contribution in [-0.2, 0) is 4.79 Å². The lowest BCUT2D eigenvalue weighted by molar-refractivity contribution is -0.123. The minimum Gasteiger partial charge on any atom is -0.492 e. The van der Waals surface area contributed by atoms with E-state index in [-0.39, 0.29) is 17.9 Å². The number of fused-ring (bicyclic) bond motifs is 1. The summed E-state index contributed by atoms with van der Waals surface area (Å²) in [7, 11) is 0. The number of benzene rings is 1. The number of nitrogens with one attached hydrogen (secondary N) is 1. The average Bonchev–Trinajstić information content (AvgIpc) is 2.72. The van der Waals surface area contributed by atoms with Gasteiger partial charge in [-0.1, -0.05) is 24.1 Å². The molecule has 1 aromatic rings. The number of terminal acetylenes is 1. The van der Waals surface area contributed by atoms with Crippen molar-refractivity contribution in [1.29, 1.82) is 0 Å². The Morgan fingerprint density at radius 2 is 2.38 bits per heavy atom. The maximum absolute atomic E-state index is 11.9. The molecule has 0 spiro atoms. The predicted octanol–water partition coefficient (Wildman–Crippen LogP) is 1.30. The number of carbonyl (C=O) groups is 1. The van der Waals surface area contributed by atoms with Crippen LogP contribution >= 0.6 is 0 Å². The summed E-state index contributed by atoms with van der Waals surface area (Å²) in [4.78, 5) is 11.9. The summed E-state index contributed by atoms with van der Waals surface area (Å²) in [6.07, 6.45) is 5.22. The molecule has 1 aromatic carbocycles. The van der Waals surface area contributed by atoms with Crippen LogP contribution in [0.25, 0.3) is 0 Å². The molecular weight excluding hydrogens is 202 g/mol. The van der Waals surface area contributed by atoms with Crippen molar-refractivity contribution < 1.29 is 9.53 Å². The van der Waals surface area contributed by atoms with Crippen molar-refractivity contribution in [3.63, 3.8) is 0 Å². The number of hydrogen-bond donors (Lipinski definition) is 1. The SMILES string of the molecule is C#CC(C)NC(=O)C1COc2ccccc21. The number of carbonyl (C=O) groups excluding carboxylic acids is 1. The Balaban J connectivity index is 2.14. The highest BCUT2D eigenvalue weighted by molar-refractivity contribution is 5.85. The van der Waals surface area contributed by atoms with Crippen LogP contribution in [0, 0.1) is 12.3 Å². The smallest absolute Gasteiger partial charge is 0.232 e. The number of amides is 1. The van der Waals surface area contributed by atoms with Gasteiger partial charge in [0.15, 0.2) is 0 Å². The molecular formula is C13H13NO2. The van der Waals surface area contributed by atoms with E-state index in [1.54, 1.807) is 6.92 Å². The van der Waals surface area contributed by atoms with Crippen LogP contribution in [0.15, 0.2) is 24.3 Å². The van der Waals surface area contributed by atoms with E-state index in [2.05, 4.69) is 11.2 Å². The van der Waals surface area contributed by atoms with Crippen LogP contribution in [0.3, 0.4) is 0 Å². The zero-order valence-corrected chi connectivity index (χ0v) is 9.07. The van der Waals surface area contributed by atoms with Crippen molar-refractivity contribution in [3.05, 3.63) is 29.8 Å². The van der Waals surface area contributed by atoms with Crippen molar-refractivity contribution in [1.82, 2.24) is 5.32 Å². The summed E-state index contributed by atoms with van der Waals surface area (Å²) < 4.78 is 5.43. The fourth-order valence-corrected chi connectivity index (χ4v) is 1.74. The molecule has 0 saturated heterocycles. The molecule has 1 aliphatic rings. The lowest BCUT2D eigenvalue weighted by Gasteiger charge is -2.12. The third-order valence-corrected chi connectivity index (χ3v) is 2.63. The molecule has 0 radical (unpaired) electrons. The van der Waals surface area contributed by atoms with Crippen LogP contribution < -0.4 is 10.1 Å². The molecule has 0 aromatic heterocycles. The molecule has 2 unspecified atom stereocenters. The van der Waals surface area contributed by atoms with Gasteiger partial charge in [0.25, 0.3) is 0 Å². The molecule has 1 aliphatic heterocycles. The first-order chi connectivity index (χ1) is 7.72. The Morgan fingerprint density at radius 1 is 1.62 bits per heavy atom. The van der Waals surface area contributed by atoms with E-state index in [9.17, 15) is 4.79 Å². The summed E-state index contributed by atoms with van der Waals surface area (Å²) in [6, 6.07) is 7.32. The molecule has 82 valence electrons. The maximum atomic E-state index is 11.9. The zero-order chi connectivity index (χ0) is 11.5. The van der Waals surface area contributed by atoms with Crippen LogP contribution in [0.1, 0.15) is 18.4 Å². The van der Waals surface area contributed by atoms with E-state index in [4.69, 9.17) is 11.2 Å². The summed E-state index contributed by atoms with van der Waals surface area (Å²) in [5, 5.41) is 2.76. The van der Waals surface area contributed by atoms with Crippen LogP contribution in [0.4, 0.5) is 0 Å². The molecule has 1 heterocycles. The van der Waals surface area contributed by atoms with Crippen molar-refractivity contribution in [3.8, 4) is 18.1 Å². The summed E-state index contributed by atoms with van der Waals surface area (Å²) in [6.45, 7) is 2.17. The van der Waals surface area contributed by atoms with E-state index in [0.29, 0.717) is 6.61 Å².